The van der Waals surface area contributed by atoms with E-state index in [1.807, 2.05) is 12.1 Å². The summed E-state index contributed by atoms with van der Waals surface area (Å²) in [6.45, 7) is 3.46. The molecule has 1 heterocycles. The van der Waals surface area contributed by atoms with Crippen molar-refractivity contribution in [2.24, 2.45) is 0 Å². The lowest BCUT2D eigenvalue weighted by molar-refractivity contribution is 0.323. The van der Waals surface area contributed by atoms with E-state index >= 15 is 0 Å². The van der Waals surface area contributed by atoms with E-state index in [0.717, 1.165) is 21.8 Å². The van der Waals surface area contributed by atoms with Crippen LogP contribution in [0.2, 0.25) is 0 Å². The molecule has 27 heavy (non-hydrogen) atoms. The number of nitrogens with one attached hydrogen (secondary N) is 1. The summed E-state index contributed by atoms with van der Waals surface area (Å²) in [4.78, 5) is 4.72. The monoisotopic (exact) mass is 384 g/mol. The third-order valence-corrected chi connectivity index (χ3v) is 5.15. The molecule has 3 aromatic rings. The van der Waals surface area contributed by atoms with Crippen LogP contribution in [0, 0.1) is 6.92 Å². The summed E-state index contributed by atoms with van der Waals surface area (Å²) in [5.74, 6) is 1.92. The average Bonchev–Trinajstić information content (AvgIpc) is 3.16. The zero-order valence-corrected chi connectivity index (χ0v) is 16.9. The number of hydrogen-bond acceptors (Lipinski definition) is 6. The van der Waals surface area contributed by atoms with Gasteiger partial charge in [0, 0.05) is 24.0 Å². The number of benzene rings is 2. The van der Waals surface area contributed by atoms with E-state index in [1.165, 1.54) is 5.56 Å². The van der Waals surface area contributed by atoms with E-state index < -0.39 is 0 Å². The SMILES string of the molecule is COc1cc(CNCc2csc(-c3ccc(C)cc3)n2)cc(OC)c1OC. The van der Waals surface area contributed by atoms with Crippen LogP contribution in [0.3, 0.4) is 0 Å². The molecule has 5 nitrogen and oxygen atoms in total. The minimum absolute atomic E-state index is 0.603. The third-order valence-electron chi connectivity index (χ3n) is 4.21. The predicted molar refractivity (Wildman–Crippen MR) is 109 cm³/mol. The van der Waals surface area contributed by atoms with Crippen LogP contribution in [0.25, 0.3) is 10.6 Å². The molecular formula is C21H24N2O3S. The molecule has 0 aliphatic rings. The summed E-state index contributed by atoms with van der Waals surface area (Å²) in [6, 6.07) is 12.3. The maximum Gasteiger partial charge on any atom is 0.203 e. The number of aromatic nitrogens is 1. The summed E-state index contributed by atoms with van der Waals surface area (Å²) in [5, 5.41) is 6.56. The van der Waals surface area contributed by atoms with Gasteiger partial charge in [0.05, 0.1) is 27.0 Å². The van der Waals surface area contributed by atoms with Crippen LogP contribution in [-0.2, 0) is 13.1 Å². The zero-order valence-electron chi connectivity index (χ0n) is 16.0. The zero-order chi connectivity index (χ0) is 19.2. The van der Waals surface area contributed by atoms with Gasteiger partial charge in [-0.15, -0.1) is 11.3 Å². The molecule has 142 valence electrons. The average molecular weight is 385 g/mol. The molecule has 3 rings (SSSR count). The Morgan fingerprint density at radius 1 is 0.926 bits per heavy atom. The fraction of sp³-hybridized carbons (Fsp3) is 0.286. The number of rotatable bonds is 8. The van der Waals surface area contributed by atoms with Crippen molar-refractivity contribution in [1.29, 1.82) is 0 Å². The molecule has 0 amide bonds. The largest absolute Gasteiger partial charge is 0.493 e. The number of hydrogen-bond donors (Lipinski definition) is 1. The number of methoxy groups -OCH3 is 3. The van der Waals surface area contributed by atoms with Crippen LogP contribution in [0.5, 0.6) is 17.2 Å². The third kappa shape index (κ3) is 4.59. The molecule has 0 saturated heterocycles. The quantitative estimate of drug-likeness (QED) is 0.622. The van der Waals surface area contributed by atoms with Crippen molar-refractivity contribution in [2.75, 3.05) is 21.3 Å². The molecule has 1 aromatic heterocycles. The number of thiazole rings is 1. The first-order valence-corrected chi connectivity index (χ1v) is 9.53. The molecule has 2 aromatic carbocycles. The molecule has 0 aliphatic carbocycles. The van der Waals surface area contributed by atoms with Crippen LogP contribution in [0.1, 0.15) is 16.8 Å². The van der Waals surface area contributed by atoms with Crippen molar-refractivity contribution >= 4 is 11.3 Å². The Bertz CT molecular complexity index is 866. The fourth-order valence-electron chi connectivity index (χ4n) is 2.79. The Kier molecular flexibility index (Phi) is 6.32. The highest BCUT2D eigenvalue weighted by Gasteiger charge is 2.13. The van der Waals surface area contributed by atoms with Gasteiger partial charge in [0.1, 0.15) is 5.01 Å². The fourth-order valence-corrected chi connectivity index (χ4v) is 3.62. The van der Waals surface area contributed by atoms with Gasteiger partial charge in [-0.2, -0.15) is 0 Å². The predicted octanol–water partition coefficient (Wildman–Crippen LogP) is 4.43. The normalized spacial score (nSPS) is 10.7. The van der Waals surface area contributed by atoms with Crippen LogP contribution in [0.4, 0.5) is 0 Å². The number of nitrogens with zero attached hydrogens (tertiary/aromatic N) is 1. The summed E-state index contributed by atoms with van der Waals surface area (Å²) < 4.78 is 16.2. The van der Waals surface area contributed by atoms with Crippen LogP contribution in [-0.4, -0.2) is 26.3 Å². The molecule has 0 fully saturated rings. The van der Waals surface area contributed by atoms with Gasteiger partial charge in [0.15, 0.2) is 11.5 Å². The lowest BCUT2D eigenvalue weighted by Crippen LogP contribution is -2.13. The molecule has 0 spiro atoms. The second kappa shape index (κ2) is 8.88. The first-order valence-electron chi connectivity index (χ1n) is 8.65. The number of aryl methyl sites for hydroxylation is 1. The van der Waals surface area contributed by atoms with Gasteiger partial charge in [-0.25, -0.2) is 4.98 Å². The Morgan fingerprint density at radius 2 is 1.59 bits per heavy atom. The highest BCUT2D eigenvalue weighted by molar-refractivity contribution is 7.13. The second-order valence-corrected chi connectivity index (χ2v) is 7.01. The van der Waals surface area contributed by atoms with Crippen LogP contribution >= 0.6 is 11.3 Å². The maximum absolute atomic E-state index is 5.40. The van der Waals surface area contributed by atoms with E-state index in [2.05, 4.69) is 41.9 Å². The van der Waals surface area contributed by atoms with Gasteiger partial charge in [-0.1, -0.05) is 29.8 Å². The Balaban J connectivity index is 1.64. The van der Waals surface area contributed by atoms with E-state index in [1.54, 1.807) is 32.7 Å². The molecule has 0 unspecified atom stereocenters. The van der Waals surface area contributed by atoms with Crippen LogP contribution < -0.4 is 19.5 Å². The van der Waals surface area contributed by atoms with Crippen molar-refractivity contribution in [2.45, 2.75) is 20.0 Å². The first kappa shape index (κ1) is 19.2. The van der Waals surface area contributed by atoms with Gasteiger partial charge in [-0.05, 0) is 24.6 Å². The summed E-state index contributed by atoms with van der Waals surface area (Å²) >= 11 is 1.66. The van der Waals surface area contributed by atoms with Gasteiger partial charge in [0.2, 0.25) is 5.75 Å². The molecular weight excluding hydrogens is 360 g/mol. The molecule has 0 aliphatic heterocycles. The lowest BCUT2D eigenvalue weighted by atomic mass is 10.1. The first-order chi connectivity index (χ1) is 13.1. The second-order valence-electron chi connectivity index (χ2n) is 6.15. The lowest BCUT2D eigenvalue weighted by Gasteiger charge is -2.14. The highest BCUT2D eigenvalue weighted by atomic mass is 32.1. The Hall–Kier alpha value is -2.57. The van der Waals surface area contributed by atoms with Crippen molar-refractivity contribution < 1.29 is 14.2 Å². The van der Waals surface area contributed by atoms with Crippen molar-refractivity contribution in [3.63, 3.8) is 0 Å². The van der Waals surface area contributed by atoms with Gasteiger partial charge < -0.3 is 19.5 Å². The number of ether oxygens (including phenoxy) is 3. The van der Waals surface area contributed by atoms with Gasteiger partial charge in [-0.3, -0.25) is 0 Å². The van der Waals surface area contributed by atoms with Gasteiger partial charge >= 0.3 is 0 Å². The van der Waals surface area contributed by atoms with E-state index in [0.29, 0.717) is 30.3 Å². The van der Waals surface area contributed by atoms with Crippen LogP contribution in [0.15, 0.2) is 41.8 Å². The van der Waals surface area contributed by atoms with Crippen molar-refractivity contribution in [1.82, 2.24) is 10.3 Å². The summed E-state index contributed by atoms with van der Waals surface area (Å²) in [6.07, 6.45) is 0. The highest BCUT2D eigenvalue weighted by Crippen LogP contribution is 2.38. The Labute approximate surface area is 163 Å². The molecule has 0 radical (unpaired) electrons. The molecule has 0 bridgehead atoms. The molecule has 6 heteroatoms. The summed E-state index contributed by atoms with van der Waals surface area (Å²) in [7, 11) is 4.85. The minimum atomic E-state index is 0.603. The van der Waals surface area contributed by atoms with Crippen molar-refractivity contribution in [3.05, 3.63) is 58.6 Å². The summed E-state index contributed by atoms with van der Waals surface area (Å²) in [5.41, 5.74) is 4.49. The standard InChI is InChI=1S/C21H24N2O3S/c1-14-5-7-16(8-6-14)21-23-17(13-27-21)12-22-11-15-9-18(24-2)20(26-4)19(10-15)25-3/h5-10,13,22H,11-12H2,1-4H3. The van der Waals surface area contributed by atoms with E-state index in [9.17, 15) is 0 Å². The van der Waals surface area contributed by atoms with Crippen molar-refractivity contribution in [3.8, 4) is 27.8 Å². The minimum Gasteiger partial charge on any atom is -0.493 e. The smallest absolute Gasteiger partial charge is 0.203 e. The maximum atomic E-state index is 5.40. The molecule has 0 atom stereocenters. The topological polar surface area (TPSA) is 52.6 Å². The van der Waals surface area contributed by atoms with E-state index in [-0.39, 0.29) is 0 Å². The molecule has 1 N–H and O–H groups in total. The van der Waals surface area contributed by atoms with E-state index in [4.69, 9.17) is 19.2 Å². The molecule has 0 saturated carbocycles. The van der Waals surface area contributed by atoms with Gasteiger partial charge in [0.25, 0.3) is 0 Å². The Morgan fingerprint density at radius 3 is 2.19 bits per heavy atom.